The van der Waals surface area contributed by atoms with Gasteiger partial charge in [0.15, 0.2) is 0 Å². The molecule has 3 rings (SSSR count). The molecule has 0 amide bonds. The highest BCUT2D eigenvalue weighted by Crippen LogP contribution is 2.31. The van der Waals surface area contributed by atoms with Crippen LogP contribution < -0.4 is 4.74 Å². The maximum absolute atomic E-state index is 13.0. The fourth-order valence-electron chi connectivity index (χ4n) is 3.80. The van der Waals surface area contributed by atoms with Crippen molar-refractivity contribution in [2.45, 2.75) is 26.9 Å². The lowest BCUT2D eigenvalue weighted by Gasteiger charge is -2.25. The zero-order valence-electron chi connectivity index (χ0n) is 18.7. The predicted octanol–water partition coefficient (Wildman–Crippen LogP) is 7.47. The third-order valence-corrected chi connectivity index (χ3v) is 5.56. The van der Waals surface area contributed by atoms with Crippen LogP contribution in [0.4, 0.5) is 0 Å². The van der Waals surface area contributed by atoms with E-state index in [1.165, 1.54) is 0 Å². The van der Waals surface area contributed by atoms with Crippen LogP contribution in [0.1, 0.15) is 32.6 Å². The second-order valence-electron chi connectivity index (χ2n) is 8.05. The highest BCUT2D eigenvalue weighted by atomic mass is 35.5. The number of hydrogen-bond donors (Lipinski definition) is 0. The van der Waals surface area contributed by atoms with Gasteiger partial charge < -0.3 is 9.47 Å². The number of terminal acetylenes is 1. The molecule has 4 nitrogen and oxygen atoms in total. The van der Waals surface area contributed by atoms with Crippen molar-refractivity contribution in [2.75, 3.05) is 0 Å². The number of rotatable bonds is 8. The van der Waals surface area contributed by atoms with Gasteiger partial charge in [0.05, 0.1) is 11.6 Å². The lowest BCUT2D eigenvalue weighted by atomic mass is 9.84. The number of ether oxygens (including phenoxy) is 2. The van der Waals surface area contributed by atoms with Crippen molar-refractivity contribution in [3.8, 4) is 24.0 Å². The molecule has 0 saturated heterocycles. The highest BCUT2D eigenvalue weighted by molar-refractivity contribution is 6.55. The van der Waals surface area contributed by atoms with Crippen LogP contribution in [0.25, 0.3) is 10.8 Å². The van der Waals surface area contributed by atoms with Crippen molar-refractivity contribution in [3.63, 3.8) is 0 Å². The molecule has 33 heavy (non-hydrogen) atoms. The highest BCUT2D eigenvalue weighted by Gasteiger charge is 2.31. The summed E-state index contributed by atoms with van der Waals surface area (Å²) in [5.41, 5.74) is 0.407. The van der Waals surface area contributed by atoms with Gasteiger partial charge >= 0.3 is 5.97 Å². The van der Waals surface area contributed by atoms with E-state index in [0.717, 1.165) is 10.8 Å². The Balaban J connectivity index is 1.82. The van der Waals surface area contributed by atoms with Gasteiger partial charge in [-0.15, -0.1) is 6.42 Å². The van der Waals surface area contributed by atoms with E-state index < -0.39 is 18.0 Å². The molecule has 0 spiro atoms. The Bertz CT molecular complexity index is 1190. The average Bonchev–Trinajstić information content (AvgIpc) is 2.77. The number of carbonyl (C=O) groups is 1. The summed E-state index contributed by atoms with van der Waals surface area (Å²) in [5, 5.41) is 2.02. The first-order valence-electron chi connectivity index (χ1n) is 10.6. The smallest absolute Gasteiger partial charge is 0.311 e. The fraction of sp³-hybridized carbons (Fsp3) is 0.259. The third kappa shape index (κ3) is 6.28. The van der Waals surface area contributed by atoms with Crippen LogP contribution in [-0.2, 0) is 9.53 Å². The molecule has 3 unspecified atom stereocenters. The molecule has 1 heterocycles. The number of halogens is 2. The second-order valence-corrected chi connectivity index (χ2v) is 9.06. The predicted molar refractivity (Wildman–Crippen MR) is 133 cm³/mol. The Morgan fingerprint density at radius 1 is 1.03 bits per heavy atom. The Morgan fingerprint density at radius 2 is 1.73 bits per heavy atom. The van der Waals surface area contributed by atoms with Gasteiger partial charge in [-0.1, -0.05) is 98.4 Å². The van der Waals surface area contributed by atoms with Gasteiger partial charge in [0.2, 0.25) is 12.0 Å². The van der Waals surface area contributed by atoms with E-state index in [1.807, 2.05) is 63.2 Å². The summed E-state index contributed by atoms with van der Waals surface area (Å²) >= 11 is 11.6. The summed E-state index contributed by atoms with van der Waals surface area (Å²) in [4.78, 5) is 17.5. The van der Waals surface area contributed by atoms with Crippen molar-refractivity contribution >= 4 is 39.9 Å². The SMILES string of the molecule is C#CC(OC(=O)C(C(C)C)C(C)C=C(Cl)Cl)c1cccc(Oc2cccc3ccccc23)n1. The van der Waals surface area contributed by atoms with E-state index >= 15 is 0 Å². The summed E-state index contributed by atoms with van der Waals surface area (Å²) in [5.74, 6) is 2.40. The van der Waals surface area contributed by atoms with Crippen LogP contribution in [0.3, 0.4) is 0 Å². The largest absolute Gasteiger partial charge is 0.442 e. The van der Waals surface area contributed by atoms with E-state index in [0.29, 0.717) is 17.3 Å². The molecule has 170 valence electrons. The quantitative estimate of drug-likeness (QED) is 0.247. The first-order valence-corrected chi connectivity index (χ1v) is 11.4. The van der Waals surface area contributed by atoms with Gasteiger partial charge in [0.1, 0.15) is 10.2 Å². The minimum absolute atomic E-state index is 0.0103. The van der Waals surface area contributed by atoms with Gasteiger partial charge in [-0.2, -0.15) is 0 Å². The first-order chi connectivity index (χ1) is 15.8. The van der Waals surface area contributed by atoms with Crippen LogP contribution >= 0.6 is 23.2 Å². The number of nitrogens with zero attached hydrogens (tertiary/aromatic N) is 1. The molecule has 0 aliphatic heterocycles. The van der Waals surface area contributed by atoms with Crippen molar-refractivity contribution < 1.29 is 14.3 Å². The number of pyridine rings is 1. The topological polar surface area (TPSA) is 48.4 Å². The maximum atomic E-state index is 13.0. The number of carbonyl (C=O) groups excluding carboxylic acids is 1. The van der Waals surface area contributed by atoms with Gasteiger partial charge in [0, 0.05) is 11.5 Å². The van der Waals surface area contributed by atoms with Crippen molar-refractivity contribution in [1.29, 1.82) is 0 Å². The summed E-state index contributed by atoms with van der Waals surface area (Å²) in [7, 11) is 0. The van der Waals surface area contributed by atoms with Gasteiger partial charge in [0.25, 0.3) is 0 Å². The number of esters is 1. The Labute approximate surface area is 204 Å². The van der Waals surface area contributed by atoms with E-state index in [4.69, 9.17) is 39.1 Å². The minimum atomic E-state index is -0.961. The first kappa shape index (κ1) is 24.6. The van der Waals surface area contributed by atoms with Crippen LogP contribution in [0, 0.1) is 30.1 Å². The number of aromatic nitrogens is 1. The van der Waals surface area contributed by atoms with Crippen molar-refractivity contribution in [3.05, 3.63) is 76.9 Å². The Hall–Kier alpha value is -3.00. The van der Waals surface area contributed by atoms with Crippen LogP contribution in [0.15, 0.2) is 71.2 Å². The molecule has 0 N–H and O–H groups in total. The van der Waals surface area contributed by atoms with Gasteiger partial charge in [-0.05, 0) is 29.4 Å². The number of benzene rings is 2. The van der Waals surface area contributed by atoms with Crippen LogP contribution in [0.2, 0.25) is 0 Å². The zero-order valence-corrected chi connectivity index (χ0v) is 20.2. The average molecular weight is 482 g/mol. The number of fused-ring (bicyclic) bond motifs is 1. The van der Waals surface area contributed by atoms with E-state index in [1.54, 1.807) is 24.3 Å². The number of hydrogen-bond acceptors (Lipinski definition) is 4. The summed E-state index contributed by atoms with van der Waals surface area (Å²) < 4.78 is 11.8. The molecule has 0 aliphatic carbocycles. The molecule has 0 radical (unpaired) electrons. The van der Waals surface area contributed by atoms with Gasteiger partial charge in [-0.3, -0.25) is 4.79 Å². The van der Waals surface area contributed by atoms with Gasteiger partial charge in [-0.25, -0.2) is 4.98 Å². The Kier molecular flexibility index (Phi) is 8.38. The molecule has 0 fully saturated rings. The monoisotopic (exact) mass is 481 g/mol. The summed E-state index contributed by atoms with van der Waals surface area (Å²) in [6.45, 7) is 5.72. The summed E-state index contributed by atoms with van der Waals surface area (Å²) in [6, 6.07) is 18.9. The molecule has 2 aromatic carbocycles. The number of allylic oxidation sites excluding steroid dienone is 1. The molecule has 3 aromatic rings. The normalized spacial score (nSPS) is 13.6. The minimum Gasteiger partial charge on any atom is -0.442 e. The molecular formula is C27H25Cl2NO3. The molecule has 0 bridgehead atoms. The molecule has 0 aliphatic rings. The van der Waals surface area contributed by atoms with Crippen molar-refractivity contribution in [2.24, 2.45) is 17.8 Å². The van der Waals surface area contributed by atoms with E-state index in [2.05, 4.69) is 10.9 Å². The molecular weight excluding hydrogens is 457 g/mol. The van der Waals surface area contributed by atoms with Crippen LogP contribution in [-0.4, -0.2) is 11.0 Å². The molecule has 3 atom stereocenters. The van der Waals surface area contributed by atoms with Crippen LogP contribution in [0.5, 0.6) is 11.6 Å². The molecule has 1 aromatic heterocycles. The Morgan fingerprint density at radius 3 is 2.42 bits per heavy atom. The second kappa shape index (κ2) is 11.2. The fourth-order valence-corrected chi connectivity index (χ4v) is 4.20. The third-order valence-electron chi connectivity index (χ3n) is 5.31. The lowest BCUT2D eigenvalue weighted by Crippen LogP contribution is -2.29. The van der Waals surface area contributed by atoms with E-state index in [9.17, 15) is 4.79 Å². The zero-order chi connectivity index (χ0) is 24.0. The standard InChI is InChI=1S/C27H25Cl2NO3/c1-5-22(33-27(31)26(17(2)3)18(4)16-24(28)29)21-13-9-15-25(30-21)32-23-14-8-11-19-10-6-7-12-20(19)23/h1,6-18,22,26H,2-4H3. The molecule has 0 saturated carbocycles. The maximum Gasteiger partial charge on any atom is 0.311 e. The van der Waals surface area contributed by atoms with E-state index in [-0.39, 0.29) is 16.3 Å². The molecule has 6 heteroatoms. The lowest BCUT2D eigenvalue weighted by molar-refractivity contribution is -0.155. The summed E-state index contributed by atoms with van der Waals surface area (Å²) in [6.07, 6.45) is 6.36. The van der Waals surface area contributed by atoms with Crippen molar-refractivity contribution in [1.82, 2.24) is 4.98 Å².